The van der Waals surface area contributed by atoms with Crippen LogP contribution < -0.4 is 10.6 Å². The molecule has 26 heavy (non-hydrogen) atoms. The first-order valence-corrected chi connectivity index (χ1v) is 8.79. The predicted molar refractivity (Wildman–Crippen MR) is 118 cm³/mol. The SMILES string of the molecule is C=CCNC(=NCCn1cnnc1CC)NC(C)c1ccc(Cl)cc1.I. The fourth-order valence-electron chi connectivity index (χ4n) is 2.37. The molecule has 0 fully saturated rings. The summed E-state index contributed by atoms with van der Waals surface area (Å²) in [7, 11) is 0. The van der Waals surface area contributed by atoms with Crippen molar-refractivity contribution in [2.75, 3.05) is 13.1 Å². The van der Waals surface area contributed by atoms with Crippen molar-refractivity contribution in [3.05, 3.63) is 59.7 Å². The molecule has 6 nitrogen and oxygen atoms in total. The van der Waals surface area contributed by atoms with Gasteiger partial charge >= 0.3 is 0 Å². The summed E-state index contributed by atoms with van der Waals surface area (Å²) in [6.07, 6.45) is 4.41. The van der Waals surface area contributed by atoms with Crippen LogP contribution in [0.4, 0.5) is 0 Å². The van der Waals surface area contributed by atoms with Gasteiger partial charge < -0.3 is 15.2 Å². The Morgan fingerprint density at radius 3 is 2.77 bits per heavy atom. The average Bonchev–Trinajstić information content (AvgIpc) is 3.07. The topological polar surface area (TPSA) is 67.1 Å². The molecule has 0 bridgehead atoms. The molecule has 0 radical (unpaired) electrons. The van der Waals surface area contributed by atoms with Crippen molar-refractivity contribution in [2.45, 2.75) is 32.9 Å². The van der Waals surface area contributed by atoms with Crippen molar-refractivity contribution in [3.8, 4) is 0 Å². The zero-order valence-electron chi connectivity index (χ0n) is 15.2. The van der Waals surface area contributed by atoms with Crippen LogP contribution in [0.2, 0.25) is 5.02 Å². The van der Waals surface area contributed by atoms with E-state index in [4.69, 9.17) is 11.6 Å². The third-order valence-corrected chi connectivity index (χ3v) is 4.01. The Morgan fingerprint density at radius 2 is 2.12 bits per heavy atom. The minimum Gasteiger partial charge on any atom is -0.353 e. The lowest BCUT2D eigenvalue weighted by Crippen LogP contribution is -2.39. The molecule has 0 aliphatic carbocycles. The molecule has 142 valence electrons. The fourth-order valence-corrected chi connectivity index (χ4v) is 2.50. The molecule has 1 aromatic carbocycles. The predicted octanol–water partition coefficient (Wildman–Crippen LogP) is 3.59. The van der Waals surface area contributed by atoms with Gasteiger partial charge in [-0.05, 0) is 24.6 Å². The van der Waals surface area contributed by atoms with Crippen LogP contribution in [-0.2, 0) is 13.0 Å². The second kappa shape index (κ2) is 11.9. The number of rotatable bonds is 8. The van der Waals surface area contributed by atoms with Crippen molar-refractivity contribution in [1.82, 2.24) is 25.4 Å². The van der Waals surface area contributed by atoms with Crippen molar-refractivity contribution in [2.24, 2.45) is 4.99 Å². The standard InChI is InChI=1S/C18H25ClN6.HI/c1-4-10-20-18(21-11-12-25-13-22-24-17(25)5-2)23-14(3)15-6-8-16(19)9-7-15;/h4,6-9,13-14H,1,5,10-12H2,2-3H3,(H2,20,21,23);1H. The van der Waals surface area contributed by atoms with E-state index in [-0.39, 0.29) is 30.0 Å². The van der Waals surface area contributed by atoms with Gasteiger partial charge in [0, 0.05) is 24.5 Å². The number of benzene rings is 1. The van der Waals surface area contributed by atoms with E-state index in [2.05, 4.69) is 46.2 Å². The van der Waals surface area contributed by atoms with Crippen LogP contribution in [0.1, 0.15) is 31.3 Å². The second-order valence-corrected chi connectivity index (χ2v) is 6.05. The summed E-state index contributed by atoms with van der Waals surface area (Å²) in [5.74, 6) is 1.71. The lowest BCUT2D eigenvalue weighted by Gasteiger charge is -2.18. The highest BCUT2D eigenvalue weighted by molar-refractivity contribution is 14.0. The van der Waals surface area contributed by atoms with Gasteiger partial charge in [-0.2, -0.15) is 0 Å². The third-order valence-electron chi connectivity index (χ3n) is 3.76. The Hall–Kier alpha value is -1.61. The van der Waals surface area contributed by atoms with E-state index in [1.807, 2.05) is 28.8 Å². The fraction of sp³-hybridized carbons (Fsp3) is 0.389. The van der Waals surface area contributed by atoms with Crippen LogP contribution in [0.5, 0.6) is 0 Å². The van der Waals surface area contributed by atoms with Gasteiger partial charge in [-0.1, -0.05) is 36.7 Å². The lowest BCUT2D eigenvalue weighted by molar-refractivity contribution is 0.651. The van der Waals surface area contributed by atoms with Gasteiger partial charge in [0.25, 0.3) is 0 Å². The van der Waals surface area contributed by atoms with Gasteiger partial charge in [0.1, 0.15) is 12.2 Å². The summed E-state index contributed by atoms with van der Waals surface area (Å²) in [5.41, 5.74) is 1.14. The van der Waals surface area contributed by atoms with E-state index in [1.54, 1.807) is 12.4 Å². The molecule has 0 spiro atoms. The molecule has 1 aromatic heterocycles. The maximum atomic E-state index is 5.95. The molecule has 2 aromatic rings. The van der Waals surface area contributed by atoms with Crippen LogP contribution in [0, 0.1) is 0 Å². The maximum absolute atomic E-state index is 5.95. The van der Waals surface area contributed by atoms with Crippen molar-refractivity contribution >= 4 is 41.5 Å². The largest absolute Gasteiger partial charge is 0.353 e. The van der Waals surface area contributed by atoms with Crippen molar-refractivity contribution in [3.63, 3.8) is 0 Å². The highest BCUT2D eigenvalue weighted by Crippen LogP contribution is 2.15. The summed E-state index contributed by atoms with van der Waals surface area (Å²) in [4.78, 5) is 4.64. The Balaban J connectivity index is 0.00000338. The lowest BCUT2D eigenvalue weighted by atomic mass is 10.1. The highest BCUT2D eigenvalue weighted by Gasteiger charge is 2.08. The molecule has 0 saturated carbocycles. The van der Waals surface area contributed by atoms with E-state index in [0.29, 0.717) is 13.1 Å². The molecule has 0 saturated heterocycles. The van der Waals surface area contributed by atoms with E-state index < -0.39 is 0 Å². The number of aryl methyl sites for hydroxylation is 1. The quantitative estimate of drug-likeness (QED) is 0.258. The maximum Gasteiger partial charge on any atom is 0.192 e. The summed E-state index contributed by atoms with van der Waals surface area (Å²) >= 11 is 5.95. The van der Waals surface area contributed by atoms with E-state index >= 15 is 0 Å². The molecular formula is C18H26ClIN6. The molecule has 1 atom stereocenters. The first-order chi connectivity index (χ1) is 12.1. The van der Waals surface area contributed by atoms with Crippen molar-refractivity contribution in [1.29, 1.82) is 0 Å². The Morgan fingerprint density at radius 1 is 1.38 bits per heavy atom. The number of hydrogen-bond acceptors (Lipinski definition) is 3. The number of nitrogens with zero attached hydrogens (tertiary/aromatic N) is 4. The van der Waals surface area contributed by atoms with Crippen LogP contribution in [0.3, 0.4) is 0 Å². The summed E-state index contributed by atoms with van der Waals surface area (Å²) in [5, 5.41) is 15.4. The molecule has 1 heterocycles. The number of aromatic nitrogens is 3. The zero-order valence-corrected chi connectivity index (χ0v) is 18.2. The average molecular weight is 489 g/mol. The van der Waals surface area contributed by atoms with Crippen LogP contribution in [0.25, 0.3) is 0 Å². The van der Waals surface area contributed by atoms with Crippen LogP contribution in [0.15, 0.2) is 48.2 Å². The van der Waals surface area contributed by atoms with Gasteiger partial charge in [0.2, 0.25) is 0 Å². The molecule has 8 heteroatoms. The molecule has 0 aliphatic rings. The first-order valence-electron chi connectivity index (χ1n) is 8.42. The second-order valence-electron chi connectivity index (χ2n) is 5.61. The Labute approximate surface area is 177 Å². The monoisotopic (exact) mass is 488 g/mol. The highest BCUT2D eigenvalue weighted by atomic mass is 127. The van der Waals surface area contributed by atoms with Crippen LogP contribution >= 0.6 is 35.6 Å². The van der Waals surface area contributed by atoms with E-state index in [0.717, 1.165) is 35.3 Å². The number of nitrogens with one attached hydrogen (secondary N) is 2. The number of halogens is 2. The van der Waals surface area contributed by atoms with Gasteiger partial charge in [-0.15, -0.1) is 40.8 Å². The van der Waals surface area contributed by atoms with Crippen LogP contribution in [-0.4, -0.2) is 33.8 Å². The minimum absolute atomic E-state index is 0. The Kier molecular flexibility index (Phi) is 10.3. The molecular weight excluding hydrogens is 463 g/mol. The molecule has 1 unspecified atom stereocenters. The molecule has 0 aliphatic heterocycles. The summed E-state index contributed by atoms with van der Waals surface area (Å²) in [6, 6.07) is 7.91. The van der Waals surface area contributed by atoms with E-state index in [1.165, 1.54) is 0 Å². The van der Waals surface area contributed by atoms with E-state index in [9.17, 15) is 0 Å². The number of aliphatic imine (C=N–C) groups is 1. The number of guanidine groups is 1. The summed E-state index contributed by atoms with van der Waals surface area (Å²) < 4.78 is 2.03. The Bertz CT molecular complexity index is 698. The molecule has 2 N–H and O–H groups in total. The first kappa shape index (κ1) is 22.4. The third kappa shape index (κ3) is 6.95. The van der Waals surface area contributed by atoms with Gasteiger partial charge in [0.05, 0.1) is 12.6 Å². The minimum atomic E-state index is 0. The summed E-state index contributed by atoms with van der Waals surface area (Å²) in [6.45, 7) is 9.91. The molecule has 2 rings (SSSR count). The van der Waals surface area contributed by atoms with Gasteiger partial charge in [0.15, 0.2) is 5.96 Å². The smallest absolute Gasteiger partial charge is 0.192 e. The normalized spacial score (nSPS) is 12.2. The molecule has 0 amide bonds. The number of hydrogen-bond donors (Lipinski definition) is 2. The van der Waals surface area contributed by atoms with Crippen molar-refractivity contribution < 1.29 is 0 Å². The van der Waals surface area contributed by atoms with Gasteiger partial charge in [-0.3, -0.25) is 4.99 Å². The van der Waals surface area contributed by atoms with Gasteiger partial charge in [-0.25, -0.2) is 0 Å². The zero-order chi connectivity index (χ0) is 18.1.